The van der Waals surface area contributed by atoms with Gasteiger partial charge in [0.05, 0.1) is 6.21 Å². The van der Waals surface area contributed by atoms with Crippen LogP contribution in [0.4, 0.5) is 0 Å². The number of nitrogens with zero attached hydrogens (tertiary/aromatic N) is 4. The second-order valence-electron chi connectivity index (χ2n) is 4.38. The summed E-state index contributed by atoms with van der Waals surface area (Å²) in [6.45, 7) is 0. The van der Waals surface area contributed by atoms with E-state index in [1.807, 2.05) is 0 Å². The molecular formula is C13H13N5O3S. The molecule has 8 nitrogen and oxygen atoms in total. The molecule has 2 rings (SSSR count). The Bertz CT molecular complexity index is 854. The third-order valence-electron chi connectivity index (χ3n) is 2.97. The van der Waals surface area contributed by atoms with E-state index in [-0.39, 0.29) is 16.2 Å². The Balaban J connectivity index is 2.27. The molecule has 0 aliphatic rings. The summed E-state index contributed by atoms with van der Waals surface area (Å²) in [6.07, 6.45) is 4.02. The van der Waals surface area contributed by atoms with Crippen molar-refractivity contribution in [3.05, 3.63) is 50.8 Å². The third kappa shape index (κ3) is 2.93. The monoisotopic (exact) mass is 319 g/mol. The molecule has 0 fully saturated rings. The summed E-state index contributed by atoms with van der Waals surface area (Å²) in [5, 5.41) is 13.6. The van der Waals surface area contributed by atoms with Gasteiger partial charge in [0, 0.05) is 32.1 Å². The Labute approximate surface area is 130 Å². The van der Waals surface area contributed by atoms with Gasteiger partial charge in [-0.25, -0.2) is 5.43 Å². The lowest BCUT2D eigenvalue weighted by Crippen LogP contribution is -2.26. The van der Waals surface area contributed by atoms with E-state index in [1.165, 1.54) is 47.8 Å². The van der Waals surface area contributed by atoms with E-state index in [0.717, 1.165) is 6.21 Å². The molecule has 0 aromatic carbocycles. The van der Waals surface area contributed by atoms with Crippen molar-refractivity contribution in [2.24, 2.45) is 19.2 Å². The van der Waals surface area contributed by atoms with E-state index >= 15 is 0 Å². The van der Waals surface area contributed by atoms with Crippen LogP contribution in [0.2, 0.25) is 0 Å². The zero-order chi connectivity index (χ0) is 16.3. The van der Waals surface area contributed by atoms with E-state index in [1.54, 1.807) is 0 Å². The summed E-state index contributed by atoms with van der Waals surface area (Å²) in [4.78, 5) is 27.6. The molecule has 2 N–H and O–H groups in total. The lowest BCUT2D eigenvalue weighted by atomic mass is 10.3. The highest BCUT2D eigenvalue weighted by Gasteiger charge is 2.11. The molecule has 2 heterocycles. The standard InChI is InChI=1S/C13H13N5O3S/c1-17-11(20)9(12(21)18(2)13(17)22)7-15-16-10(19)8-3-5-14-6-4-8/h3-7,20H,1-2H3,(H,16,19)/b15-7+. The number of carbonyl (C=O) groups is 1. The minimum Gasteiger partial charge on any atom is -0.494 e. The first-order chi connectivity index (χ1) is 10.4. The second kappa shape index (κ2) is 6.31. The fourth-order valence-corrected chi connectivity index (χ4v) is 1.87. The molecule has 0 saturated heterocycles. The highest BCUT2D eigenvalue weighted by molar-refractivity contribution is 7.71. The Hall–Kier alpha value is -2.81. The molecule has 2 aromatic heterocycles. The van der Waals surface area contributed by atoms with Crippen LogP contribution in [0.3, 0.4) is 0 Å². The molecule has 2 aromatic rings. The Morgan fingerprint density at radius 2 is 2.00 bits per heavy atom. The van der Waals surface area contributed by atoms with E-state index in [9.17, 15) is 14.7 Å². The van der Waals surface area contributed by atoms with Gasteiger partial charge in [-0.15, -0.1) is 0 Å². The highest BCUT2D eigenvalue weighted by atomic mass is 32.1. The van der Waals surface area contributed by atoms with Crippen LogP contribution in [0.5, 0.6) is 5.88 Å². The number of amides is 1. The quantitative estimate of drug-likeness (QED) is 0.482. The maximum atomic E-state index is 12.0. The van der Waals surface area contributed by atoms with E-state index < -0.39 is 11.5 Å². The summed E-state index contributed by atoms with van der Waals surface area (Å²) in [7, 11) is 3.00. The third-order valence-corrected chi connectivity index (χ3v) is 3.52. The maximum Gasteiger partial charge on any atom is 0.271 e. The van der Waals surface area contributed by atoms with Gasteiger partial charge in [0.25, 0.3) is 11.5 Å². The van der Waals surface area contributed by atoms with E-state index in [4.69, 9.17) is 12.2 Å². The number of carbonyl (C=O) groups excluding carboxylic acids is 1. The minimum atomic E-state index is -0.512. The first-order valence-corrected chi connectivity index (χ1v) is 6.56. The topological polar surface area (TPSA) is 102 Å². The van der Waals surface area contributed by atoms with Crippen LogP contribution in [0.15, 0.2) is 34.4 Å². The van der Waals surface area contributed by atoms with Crippen molar-refractivity contribution in [1.82, 2.24) is 19.5 Å². The zero-order valence-corrected chi connectivity index (χ0v) is 12.7. The molecule has 9 heteroatoms. The lowest BCUT2D eigenvalue weighted by Gasteiger charge is -2.08. The zero-order valence-electron chi connectivity index (χ0n) is 11.8. The number of hydrazone groups is 1. The summed E-state index contributed by atoms with van der Waals surface area (Å²) in [6, 6.07) is 3.04. The summed E-state index contributed by atoms with van der Waals surface area (Å²) < 4.78 is 2.63. The molecule has 0 unspecified atom stereocenters. The minimum absolute atomic E-state index is 0.0753. The van der Waals surface area contributed by atoms with Gasteiger partial charge in [0.2, 0.25) is 5.88 Å². The second-order valence-corrected chi connectivity index (χ2v) is 4.74. The summed E-state index contributed by atoms with van der Waals surface area (Å²) >= 11 is 4.99. The van der Waals surface area contributed by atoms with Gasteiger partial charge in [-0.3, -0.25) is 23.7 Å². The van der Waals surface area contributed by atoms with Crippen molar-refractivity contribution in [3.63, 3.8) is 0 Å². The SMILES string of the molecule is Cn1c(O)c(/C=N/NC(=O)c2ccncc2)c(=O)n(C)c1=S. The molecule has 114 valence electrons. The molecule has 0 aliphatic carbocycles. The van der Waals surface area contributed by atoms with Gasteiger partial charge in [-0.05, 0) is 24.4 Å². The van der Waals surface area contributed by atoms with Crippen LogP contribution in [-0.4, -0.2) is 31.3 Å². The first-order valence-electron chi connectivity index (χ1n) is 6.16. The van der Waals surface area contributed by atoms with Crippen molar-refractivity contribution in [1.29, 1.82) is 0 Å². The number of aromatic nitrogens is 3. The number of nitrogens with one attached hydrogen (secondary N) is 1. The van der Waals surface area contributed by atoms with Crippen LogP contribution < -0.4 is 11.0 Å². The Morgan fingerprint density at radius 3 is 2.64 bits per heavy atom. The molecule has 0 atom stereocenters. The van der Waals surface area contributed by atoms with Gasteiger partial charge < -0.3 is 5.11 Å². The van der Waals surface area contributed by atoms with Gasteiger partial charge in [-0.1, -0.05) is 0 Å². The van der Waals surface area contributed by atoms with Crippen molar-refractivity contribution in [3.8, 4) is 5.88 Å². The van der Waals surface area contributed by atoms with Gasteiger partial charge in [0.1, 0.15) is 5.56 Å². The molecule has 0 spiro atoms. The fraction of sp³-hybridized carbons (Fsp3) is 0.154. The molecule has 22 heavy (non-hydrogen) atoms. The van der Waals surface area contributed by atoms with Crippen LogP contribution in [-0.2, 0) is 14.1 Å². The van der Waals surface area contributed by atoms with Crippen LogP contribution in [0.25, 0.3) is 0 Å². The number of hydrogen-bond acceptors (Lipinski definition) is 6. The lowest BCUT2D eigenvalue weighted by molar-refractivity contribution is 0.0955. The highest BCUT2D eigenvalue weighted by Crippen LogP contribution is 2.09. The van der Waals surface area contributed by atoms with Crippen molar-refractivity contribution >= 4 is 24.3 Å². The molecule has 0 bridgehead atoms. The Kier molecular flexibility index (Phi) is 4.47. The van der Waals surface area contributed by atoms with Gasteiger partial charge in [-0.2, -0.15) is 5.10 Å². The predicted molar refractivity (Wildman–Crippen MR) is 82.5 cm³/mol. The Morgan fingerprint density at radius 1 is 1.36 bits per heavy atom. The molecule has 0 saturated carbocycles. The molecule has 1 amide bonds. The van der Waals surface area contributed by atoms with E-state index in [0.29, 0.717) is 5.56 Å². The summed E-state index contributed by atoms with van der Waals surface area (Å²) in [5.74, 6) is -0.783. The van der Waals surface area contributed by atoms with Crippen molar-refractivity contribution in [2.75, 3.05) is 0 Å². The van der Waals surface area contributed by atoms with E-state index in [2.05, 4.69) is 15.5 Å². The average molecular weight is 319 g/mol. The van der Waals surface area contributed by atoms with Gasteiger partial charge in [0.15, 0.2) is 4.77 Å². The number of aromatic hydroxyl groups is 1. The first kappa shape index (κ1) is 15.6. The van der Waals surface area contributed by atoms with Crippen molar-refractivity contribution < 1.29 is 9.90 Å². The average Bonchev–Trinajstić information content (AvgIpc) is 2.55. The number of hydrogen-bond donors (Lipinski definition) is 2. The predicted octanol–water partition coefficient (Wildman–Crippen LogP) is 0.318. The van der Waals surface area contributed by atoms with Crippen molar-refractivity contribution in [2.45, 2.75) is 0 Å². The largest absolute Gasteiger partial charge is 0.494 e. The maximum absolute atomic E-state index is 12.0. The summed E-state index contributed by atoms with van der Waals surface area (Å²) in [5.41, 5.74) is 2.05. The molecular weight excluding hydrogens is 306 g/mol. The normalized spacial score (nSPS) is 10.8. The van der Waals surface area contributed by atoms with Crippen LogP contribution in [0, 0.1) is 4.77 Å². The van der Waals surface area contributed by atoms with Crippen LogP contribution >= 0.6 is 12.2 Å². The number of rotatable bonds is 3. The smallest absolute Gasteiger partial charge is 0.271 e. The number of pyridine rings is 1. The fourth-order valence-electron chi connectivity index (χ4n) is 1.70. The molecule has 0 aliphatic heterocycles. The molecule has 0 radical (unpaired) electrons. The van der Waals surface area contributed by atoms with Crippen LogP contribution in [0.1, 0.15) is 15.9 Å². The van der Waals surface area contributed by atoms with Gasteiger partial charge >= 0.3 is 0 Å².